The predicted molar refractivity (Wildman–Crippen MR) is 130 cm³/mol. The van der Waals surface area contributed by atoms with Crippen LogP contribution in [0.4, 0.5) is 0 Å². The molecule has 0 aliphatic heterocycles. The summed E-state index contributed by atoms with van der Waals surface area (Å²) in [4.78, 5) is 0. The first-order chi connectivity index (χ1) is 14.8. The fourth-order valence-electron chi connectivity index (χ4n) is 5.84. The van der Waals surface area contributed by atoms with Crippen molar-refractivity contribution in [3.05, 3.63) is 48.0 Å². The number of ether oxygens (including phenoxy) is 1. The molecule has 2 aliphatic rings. The van der Waals surface area contributed by atoms with Gasteiger partial charge < -0.3 is 4.74 Å². The van der Waals surface area contributed by atoms with Crippen molar-refractivity contribution in [3.8, 4) is 0 Å². The van der Waals surface area contributed by atoms with E-state index in [4.69, 9.17) is 4.74 Å². The SMILES string of the molecule is C=CCC[C@H]1CC[C@H](CCC2CCC(CCc3ccc(COCC)cc3)CC2)CC1. The maximum Gasteiger partial charge on any atom is 0.0716 e. The zero-order valence-electron chi connectivity index (χ0n) is 19.6. The summed E-state index contributed by atoms with van der Waals surface area (Å²) in [5.41, 5.74) is 2.80. The lowest BCUT2D eigenvalue weighted by molar-refractivity contribution is 0.134. The summed E-state index contributed by atoms with van der Waals surface area (Å²) in [7, 11) is 0. The summed E-state index contributed by atoms with van der Waals surface area (Å²) in [6.45, 7) is 7.48. The van der Waals surface area contributed by atoms with Gasteiger partial charge in [0.15, 0.2) is 0 Å². The molecule has 0 amide bonds. The van der Waals surface area contributed by atoms with Crippen LogP contribution in [0.3, 0.4) is 0 Å². The van der Waals surface area contributed by atoms with Gasteiger partial charge in [-0.25, -0.2) is 0 Å². The van der Waals surface area contributed by atoms with E-state index in [0.29, 0.717) is 0 Å². The summed E-state index contributed by atoms with van der Waals surface area (Å²) < 4.78 is 5.50. The van der Waals surface area contributed by atoms with Crippen LogP contribution >= 0.6 is 0 Å². The molecule has 0 unspecified atom stereocenters. The van der Waals surface area contributed by atoms with Crippen molar-refractivity contribution < 1.29 is 4.74 Å². The van der Waals surface area contributed by atoms with Crippen LogP contribution in [0, 0.1) is 23.7 Å². The minimum atomic E-state index is 0.748. The molecule has 168 valence electrons. The standard InChI is InChI=1S/C29H46O/c1-3-5-6-24-7-9-25(10-8-24)11-12-26-13-15-27(16-14-26)17-18-28-19-21-29(22-20-28)23-30-4-2/h3,19-22,24-27H,1,4-18,23H2,2H3/t24-,25-,26?,27?. The van der Waals surface area contributed by atoms with Crippen LogP contribution < -0.4 is 0 Å². The van der Waals surface area contributed by atoms with Crippen LogP contribution in [0.1, 0.15) is 102 Å². The fraction of sp³-hybridized carbons (Fsp3) is 0.724. The highest BCUT2D eigenvalue weighted by Crippen LogP contribution is 2.38. The molecule has 2 aliphatic carbocycles. The number of allylic oxidation sites excluding steroid dienone is 1. The van der Waals surface area contributed by atoms with Gasteiger partial charge in [-0.3, -0.25) is 0 Å². The van der Waals surface area contributed by atoms with E-state index < -0.39 is 0 Å². The minimum Gasteiger partial charge on any atom is -0.377 e. The zero-order valence-corrected chi connectivity index (χ0v) is 19.6. The van der Waals surface area contributed by atoms with Crippen molar-refractivity contribution in [1.82, 2.24) is 0 Å². The molecule has 0 spiro atoms. The molecule has 1 aromatic carbocycles. The normalized spacial score (nSPS) is 27.1. The lowest BCUT2D eigenvalue weighted by atomic mass is 9.74. The Morgan fingerprint density at radius 2 is 1.20 bits per heavy atom. The van der Waals surface area contributed by atoms with E-state index in [1.165, 1.54) is 101 Å². The van der Waals surface area contributed by atoms with Crippen molar-refractivity contribution in [2.45, 2.75) is 103 Å². The lowest BCUT2D eigenvalue weighted by Crippen LogP contribution is -2.18. The molecule has 0 heterocycles. The first-order valence-electron chi connectivity index (χ1n) is 13.0. The molecular weight excluding hydrogens is 364 g/mol. The van der Waals surface area contributed by atoms with Crippen LogP contribution in [0.25, 0.3) is 0 Å². The van der Waals surface area contributed by atoms with Gasteiger partial charge in [0.05, 0.1) is 6.61 Å². The molecule has 2 fully saturated rings. The van der Waals surface area contributed by atoms with Crippen LogP contribution in [-0.2, 0) is 17.8 Å². The number of hydrogen-bond acceptors (Lipinski definition) is 1. The van der Waals surface area contributed by atoms with Crippen molar-refractivity contribution >= 4 is 0 Å². The van der Waals surface area contributed by atoms with Crippen LogP contribution in [0.2, 0.25) is 0 Å². The Morgan fingerprint density at radius 1 is 0.733 bits per heavy atom. The smallest absolute Gasteiger partial charge is 0.0716 e. The molecule has 0 saturated heterocycles. The molecule has 3 rings (SSSR count). The largest absolute Gasteiger partial charge is 0.377 e. The number of benzene rings is 1. The Hall–Kier alpha value is -1.08. The van der Waals surface area contributed by atoms with Crippen molar-refractivity contribution in [3.63, 3.8) is 0 Å². The van der Waals surface area contributed by atoms with E-state index in [1.54, 1.807) is 0 Å². The summed E-state index contributed by atoms with van der Waals surface area (Å²) in [6.07, 6.45) is 22.3. The van der Waals surface area contributed by atoms with Gasteiger partial charge >= 0.3 is 0 Å². The quantitative estimate of drug-likeness (QED) is 0.314. The second kappa shape index (κ2) is 13.4. The lowest BCUT2D eigenvalue weighted by Gasteiger charge is -2.32. The maximum absolute atomic E-state index is 5.50. The molecular formula is C29H46O. The molecule has 2 saturated carbocycles. The van der Waals surface area contributed by atoms with Gasteiger partial charge in [-0.05, 0) is 67.4 Å². The third kappa shape index (κ3) is 8.22. The van der Waals surface area contributed by atoms with Gasteiger partial charge in [-0.15, -0.1) is 6.58 Å². The predicted octanol–water partition coefficient (Wildman–Crippen LogP) is 8.51. The van der Waals surface area contributed by atoms with E-state index >= 15 is 0 Å². The fourth-order valence-corrected chi connectivity index (χ4v) is 5.84. The molecule has 1 heteroatoms. The third-order valence-electron chi connectivity index (χ3n) is 8.03. The number of aryl methyl sites for hydroxylation is 1. The first-order valence-corrected chi connectivity index (χ1v) is 13.0. The number of rotatable bonds is 12. The van der Waals surface area contributed by atoms with Gasteiger partial charge in [-0.1, -0.05) is 94.5 Å². The van der Waals surface area contributed by atoms with Crippen LogP contribution in [0.5, 0.6) is 0 Å². The molecule has 0 bridgehead atoms. The summed E-state index contributed by atoms with van der Waals surface area (Å²) in [5.74, 6) is 4.02. The molecule has 0 N–H and O–H groups in total. The summed E-state index contributed by atoms with van der Waals surface area (Å²) in [6, 6.07) is 9.11. The Balaban J connectivity index is 1.26. The Bertz CT molecular complexity index is 573. The van der Waals surface area contributed by atoms with E-state index in [1.807, 2.05) is 0 Å². The van der Waals surface area contributed by atoms with Crippen molar-refractivity contribution in [2.75, 3.05) is 6.61 Å². The maximum atomic E-state index is 5.50. The molecule has 30 heavy (non-hydrogen) atoms. The minimum absolute atomic E-state index is 0.748. The monoisotopic (exact) mass is 410 g/mol. The highest BCUT2D eigenvalue weighted by molar-refractivity contribution is 5.22. The number of hydrogen-bond donors (Lipinski definition) is 0. The van der Waals surface area contributed by atoms with Crippen LogP contribution in [-0.4, -0.2) is 6.61 Å². The molecule has 1 nitrogen and oxygen atoms in total. The second-order valence-electron chi connectivity index (χ2n) is 10.2. The zero-order chi connectivity index (χ0) is 21.0. The van der Waals surface area contributed by atoms with E-state index in [-0.39, 0.29) is 0 Å². The molecule has 0 atom stereocenters. The highest BCUT2D eigenvalue weighted by Gasteiger charge is 2.24. The highest BCUT2D eigenvalue weighted by atomic mass is 16.5. The van der Waals surface area contributed by atoms with E-state index in [9.17, 15) is 0 Å². The Morgan fingerprint density at radius 3 is 1.70 bits per heavy atom. The van der Waals surface area contributed by atoms with Gasteiger partial charge in [0.2, 0.25) is 0 Å². The van der Waals surface area contributed by atoms with Gasteiger partial charge in [0, 0.05) is 6.61 Å². The van der Waals surface area contributed by atoms with Gasteiger partial charge in [0.25, 0.3) is 0 Å². The molecule has 0 aromatic heterocycles. The second-order valence-corrected chi connectivity index (χ2v) is 10.2. The third-order valence-corrected chi connectivity index (χ3v) is 8.03. The summed E-state index contributed by atoms with van der Waals surface area (Å²) >= 11 is 0. The average Bonchev–Trinajstić information content (AvgIpc) is 2.80. The average molecular weight is 411 g/mol. The van der Waals surface area contributed by atoms with Gasteiger partial charge in [0.1, 0.15) is 0 Å². The topological polar surface area (TPSA) is 9.23 Å². The Kier molecular flexibility index (Phi) is 10.5. The van der Waals surface area contributed by atoms with Crippen LogP contribution in [0.15, 0.2) is 36.9 Å². The van der Waals surface area contributed by atoms with E-state index in [2.05, 4.69) is 43.8 Å². The first kappa shape index (κ1) is 23.6. The molecule has 0 radical (unpaired) electrons. The van der Waals surface area contributed by atoms with Crippen molar-refractivity contribution in [1.29, 1.82) is 0 Å². The van der Waals surface area contributed by atoms with Gasteiger partial charge in [-0.2, -0.15) is 0 Å². The van der Waals surface area contributed by atoms with Crippen molar-refractivity contribution in [2.24, 2.45) is 23.7 Å². The summed E-state index contributed by atoms with van der Waals surface area (Å²) in [5, 5.41) is 0. The Labute approximate surface area is 186 Å². The molecule has 1 aromatic rings. The van der Waals surface area contributed by atoms with E-state index in [0.717, 1.165) is 36.9 Å².